The fourth-order valence-electron chi connectivity index (χ4n) is 1.92. The predicted molar refractivity (Wildman–Crippen MR) is 72.2 cm³/mol. The molecule has 1 heterocycles. The zero-order chi connectivity index (χ0) is 12.3. The number of aromatic nitrogens is 1. The monoisotopic (exact) mass is 226 g/mol. The minimum absolute atomic E-state index is 0.818. The zero-order valence-electron chi connectivity index (χ0n) is 10.6. The molecule has 0 fully saturated rings. The molecule has 0 bridgehead atoms. The largest absolute Gasteiger partial charge is 0.381 e. The van der Waals surface area contributed by atoms with Crippen molar-refractivity contribution in [3.63, 3.8) is 0 Å². The number of hydrogen-bond acceptors (Lipinski definition) is 2. The Balaban J connectivity index is 2.07. The Morgan fingerprint density at radius 3 is 2.53 bits per heavy atom. The molecule has 2 heteroatoms. The number of aryl methyl sites for hydroxylation is 3. The Morgan fingerprint density at radius 1 is 1.00 bits per heavy atom. The summed E-state index contributed by atoms with van der Waals surface area (Å²) in [6, 6.07) is 8.61. The quantitative estimate of drug-likeness (QED) is 0.864. The molecule has 0 spiro atoms. The van der Waals surface area contributed by atoms with Gasteiger partial charge in [0.2, 0.25) is 0 Å². The molecule has 2 rings (SSSR count). The number of hydrogen-bond donors (Lipinski definition) is 1. The highest BCUT2D eigenvalue weighted by atomic mass is 14.9. The van der Waals surface area contributed by atoms with Crippen molar-refractivity contribution in [1.29, 1.82) is 0 Å². The summed E-state index contributed by atoms with van der Waals surface area (Å²) in [6.45, 7) is 7.12. The molecule has 17 heavy (non-hydrogen) atoms. The van der Waals surface area contributed by atoms with E-state index in [1.165, 1.54) is 27.9 Å². The van der Waals surface area contributed by atoms with E-state index in [9.17, 15) is 0 Å². The van der Waals surface area contributed by atoms with E-state index in [2.05, 4.69) is 55.3 Å². The highest BCUT2D eigenvalue weighted by Gasteiger charge is 1.99. The summed E-state index contributed by atoms with van der Waals surface area (Å²) in [7, 11) is 0. The summed E-state index contributed by atoms with van der Waals surface area (Å²) in [6.07, 6.45) is 3.78. The lowest BCUT2D eigenvalue weighted by atomic mass is 10.1. The SMILES string of the molecule is Cc1cncc(CNc2ccc(C)cc2C)c1. The summed E-state index contributed by atoms with van der Waals surface area (Å²) in [5.41, 5.74) is 6.18. The van der Waals surface area contributed by atoms with E-state index in [0.29, 0.717) is 0 Å². The second-order valence-corrected chi connectivity index (χ2v) is 4.54. The molecule has 0 saturated carbocycles. The van der Waals surface area contributed by atoms with E-state index in [1.54, 1.807) is 0 Å². The number of benzene rings is 1. The van der Waals surface area contributed by atoms with Gasteiger partial charge in [-0.15, -0.1) is 0 Å². The summed E-state index contributed by atoms with van der Waals surface area (Å²) >= 11 is 0. The number of rotatable bonds is 3. The first kappa shape index (κ1) is 11.6. The van der Waals surface area contributed by atoms with Gasteiger partial charge in [-0.1, -0.05) is 23.8 Å². The Morgan fingerprint density at radius 2 is 1.82 bits per heavy atom. The molecule has 1 aromatic carbocycles. The molecule has 0 unspecified atom stereocenters. The van der Waals surface area contributed by atoms with Crippen LogP contribution in [0.4, 0.5) is 5.69 Å². The van der Waals surface area contributed by atoms with Crippen LogP contribution in [0.2, 0.25) is 0 Å². The van der Waals surface area contributed by atoms with Crippen LogP contribution >= 0.6 is 0 Å². The second kappa shape index (κ2) is 5.00. The zero-order valence-corrected chi connectivity index (χ0v) is 10.6. The molecule has 0 aliphatic heterocycles. The van der Waals surface area contributed by atoms with Crippen LogP contribution in [-0.4, -0.2) is 4.98 Å². The number of pyridine rings is 1. The predicted octanol–water partition coefficient (Wildman–Crippen LogP) is 3.62. The van der Waals surface area contributed by atoms with E-state index in [0.717, 1.165) is 6.54 Å². The van der Waals surface area contributed by atoms with Crippen molar-refractivity contribution in [2.75, 3.05) is 5.32 Å². The van der Waals surface area contributed by atoms with E-state index < -0.39 is 0 Å². The molecule has 2 nitrogen and oxygen atoms in total. The Labute approximate surface area is 103 Å². The third-order valence-corrected chi connectivity index (χ3v) is 2.80. The topological polar surface area (TPSA) is 24.9 Å². The van der Waals surface area contributed by atoms with Crippen LogP contribution in [-0.2, 0) is 6.54 Å². The first-order chi connectivity index (χ1) is 8.15. The minimum Gasteiger partial charge on any atom is -0.381 e. The fraction of sp³-hybridized carbons (Fsp3) is 0.267. The van der Waals surface area contributed by atoms with Crippen LogP contribution in [0, 0.1) is 20.8 Å². The number of nitrogens with zero attached hydrogens (tertiary/aromatic N) is 1. The van der Waals surface area contributed by atoms with E-state index in [1.807, 2.05) is 12.4 Å². The fourth-order valence-corrected chi connectivity index (χ4v) is 1.92. The van der Waals surface area contributed by atoms with Gasteiger partial charge in [-0.25, -0.2) is 0 Å². The first-order valence-electron chi connectivity index (χ1n) is 5.87. The lowest BCUT2D eigenvalue weighted by Crippen LogP contribution is -2.01. The summed E-state index contributed by atoms with van der Waals surface area (Å²) in [5.74, 6) is 0. The third-order valence-electron chi connectivity index (χ3n) is 2.80. The average molecular weight is 226 g/mol. The Kier molecular flexibility index (Phi) is 3.43. The number of nitrogens with one attached hydrogen (secondary N) is 1. The highest BCUT2D eigenvalue weighted by molar-refractivity contribution is 5.52. The molecule has 0 aliphatic rings. The molecule has 0 atom stereocenters. The van der Waals surface area contributed by atoms with Gasteiger partial charge in [0.15, 0.2) is 0 Å². The Hall–Kier alpha value is -1.83. The van der Waals surface area contributed by atoms with E-state index in [-0.39, 0.29) is 0 Å². The third kappa shape index (κ3) is 3.06. The van der Waals surface area contributed by atoms with Crippen molar-refractivity contribution in [2.45, 2.75) is 27.3 Å². The van der Waals surface area contributed by atoms with Crippen molar-refractivity contribution in [3.05, 3.63) is 58.9 Å². The number of anilines is 1. The lowest BCUT2D eigenvalue weighted by molar-refractivity contribution is 1.09. The van der Waals surface area contributed by atoms with Crippen molar-refractivity contribution in [3.8, 4) is 0 Å². The van der Waals surface area contributed by atoms with E-state index >= 15 is 0 Å². The Bertz CT molecular complexity index is 518. The standard InChI is InChI=1S/C15H18N2/c1-11-4-5-15(13(3)6-11)17-10-14-7-12(2)8-16-9-14/h4-9,17H,10H2,1-3H3. The van der Waals surface area contributed by atoms with Gasteiger partial charge in [0.25, 0.3) is 0 Å². The summed E-state index contributed by atoms with van der Waals surface area (Å²) in [5, 5.41) is 3.44. The van der Waals surface area contributed by atoms with Gasteiger partial charge in [0.1, 0.15) is 0 Å². The first-order valence-corrected chi connectivity index (χ1v) is 5.87. The van der Waals surface area contributed by atoms with Gasteiger partial charge in [-0.3, -0.25) is 4.98 Å². The molecular weight excluding hydrogens is 208 g/mol. The molecule has 0 amide bonds. The minimum atomic E-state index is 0.818. The maximum atomic E-state index is 4.19. The van der Waals surface area contributed by atoms with Gasteiger partial charge in [-0.05, 0) is 43.5 Å². The van der Waals surface area contributed by atoms with Gasteiger partial charge in [-0.2, -0.15) is 0 Å². The van der Waals surface area contributed by atoms with Crippen LogP contribution in [0.3, 0.4) is 0 Å². The maximum Gasteiger partial charge on any atom is 0.0416 e. The molecule has 88 valence electrons. The molecule has 2 aromatic rings. The normalized spacial score (nSPS) is 10.3. The van der Waals surface area contributed by atoms with Crippen LogP contribution in [0.15, 0.2) is 36.7 Å². The smallest absolute Gasteiger partial charge is 0.0416 e. The summed E-state index contributed by atoms with van der Waals surface area (Å²) in [4.78, 5) is 4.19. The van der Waals surface area contributed by atoms with Crippen LogP contribution in [0.1, 0.15) is 22.3 Å². The molecule has 0 radical (unpaired) electrons. The molecule has 1 aromatic heterocycles. The van der Waals surface area contributed by atoms with Crippen molar-refractivity contribution >= 4 is 5.69 Å². The average Bonchev–Trinajstić information content (AvgIpc) is 2.28. The van der Waals surface area contributed by atoms with Crippen molar-refractivity contribution < 1.29 is 0 Å². The van der Waals surface area contributed by atoms with Crippen LogP contribution in [0.5, 0.6) is 0 Å². The maximum absolute atomic E-state index is 4.19. The van der Waals surface area contributed by atoms with Crippen molar-refractivity contribution in [2.24, 2.45) is 0 Å². The van der Waals surface area contributed by atoms with Gasteiger partial charge in [0, 0.05) is 24.6 Å². The van der Waals surface area contributed by atoms with Crippen LogP contribution < -0.4 is 5.32 Å². The van der Waals surface area contributed by atoms with Crippen LogP contribution in [0.25, 0.3) is 0 Å². The van der Waals surface area contributed by atoms with Gasteiger partial charge >= 0.3 is 0 Å². The van der Waals surface area contributed by atoms with E-state index in [4.69, 9.17) is 0 Å². The van der Waals surface area contributed by atoms with Crippen molar-refractivity contribution in [1.82, 2.24) is 4.98 Å². The lowest BCUT2D eigenvalue weighted by Gasteiger charge is -2.10. The molecular formula is C15H18N2. The molecule has 1 N–H and O–H groups in total. The molecule has 0 aliphatic carbocycles. The molecule has 0 saturated heterocycles. The van der Waals surface area contributed by atoms with Gasteiger partial charge < -0.3 is 5.32 Å². The van der Waals surface area contributed by atoms with Gasteiger partial charge in [0.05, 0.1) is 0 Å². The second-order valence-electron chi connectivity index (χ2n) is 4.54. The summed E-state index contributed by atoms with van der Waals surface area (Å²) < 4.78 is 0. The highest BCUT2D eigenvalue weighted by Crippen LogP contribution is 2.17.